The molecule has 0 saturated carbocycles. The zero-order valence-corrected chi connectivity index (χ0v) is 19.8. The van der Waals surface area contributed by atoms with Gasteiger partial charge in [-0.05, 0) is 38.0 Å². The van der Waals surface area contributed by atoms with Gasteiger partial charge in [0.05, 0.1) is 18.8 Å². The normalized spacial score (nSPS) is 17.2. The predicted octanol–water partition coefficient (Wildman–Crippen LogP) is 3.21. The molecule has 0 amide bonds. The molecule has 8 nitrogen and oxygen atoms in total. The van der Waals surface area contributed by atoms with Crippen LogP contribution in [0.4, 0.5) is 5.69 Å². The van der Waals surface area contributed by atoms with E-state index in [9.17, 15) is 0 Å². The first-order valence-electron chi connectivity index (χ1n) is 11.4. The molecule has 0 radical (unpaired) electrons. The van der Waals surface area contributed by atoms with Crippen molar-refractivity contribution in [3.8, 4) is 5.75 Å². The largest absolute Gasteiger partial charge is 0.495 e. The summed E-state index contributed by atoms with van der Waals surface area (Å²) in [6.07, 6.45) is 1.02. The highest BCUT2D eigenvalue weighted by atomic mass is 16.5. The number of aliphatic imine (C=N–C) groups is 1. The second kappa shape index (κ2) is 10.4. The van der Waals surface area contributed by atoms with Gasteiger partial charge >= 0.3 is 0 Å². The average molecular weight is 448 g/mol. The number of nitrogens with zero attached hydrogens (tertiary/aromatic N) is 5. The molecule has 0 bridgehead atoms. The van der Waals surface area contributed by atoms with Crippen molar-refractivity contribution in [1.29, 1.82) is 0 Å². The number of ether oxygens (including phenoxy) is 1. The standard InChI is InChI=1S/C25H33N7O/c1-18(20-10-6-5-7-11-20)27-25(26-16-24-30-29-19(2)31(24)3)28-21-14-15-32(17-21)22-12-8-9-13-23(22)33-4/h5-13,18,21H,14-17H2,1-4H3,(H2,26,27,28). The maximum absolute atomic E-state index is 5.56. The Hall–Kier alpha value is -3.55. The second-order valence-electron chi connectivity index (χ2n) is 8.41. The molecule has 1 fully saturated rings. The van der Waals surface area contributed by atoms with Crippen LogP contribution in [0.3, 0.4) is 0 Å². The monoisotopic (exact) mass is 447 g/mol. The molecule has 4 rings (SSSR count). The van der Waals surface area contributed by atoms with E-state index in [1.165, 1.54) is 5.56 Å². The maximum atomic E-state index is 5.56. The first-order valence-corrected chi connectivity index (χ1v) is 11.4. The fraction of sp³-hybridized carbons (Fsp3) is 0.400. The summed E-state index contributed by atoms with van der Waals surface area (Å²) in [5.41, 5.74) is 2.34. The van der Waals surface area contributed by atoms with E-state index < -0.39 is 0 Å². The summed E-state index contributed by atoms with van der Waals surface area (Å²) in [7, 11) is 3.69. The SMILES string of the molecule is COc1ccccc1N1CCC(NC(=NCc2nnc(C)n2C)NC(C)c2ccccc2)C1. The van der Waals surface area contributed by atoms with E-state index in [0.717, 1.165) is 48.6 Å². The summed E-state index contributed by atoms with van der Waals surface area (Å²) >= 11 is 0. The topological polar surface area (TPSA) is 79.6 Å². The van der Waals surface area contributed by atoms with E-state index in [4.69, 9.17) is 9.73 Å². The minimum atomic E-state index is 0.116. The molecule has 2 heterocycles. The highest BCUT2D eigenvalue weighted by Crippen LogP contribution is 2.30. The molecule has 3 aromatic rings. The molecule has 2 unspecified atom stereocenters. The van der Waals surface area contributed by atoms with Crippen LogP contribution in [0.2, 0.25) is 0 Å². The van der Waals surface area contributed by atoms with Gasteiger partial charge in [-0.1, -0.05) is 42.5 Å². The number of aromatic nitrogens is 3. The lowest BCUT2D eigenvalue weighted by Gasteiger charge is -2.23. The van der Waals surface area contributed by atoms with Gasteiger partial charge in [0.2, 0.25) is 0 Å². The number of nitrogens with one attached hydrogen (secondary N) is 2. The minimum absolute atomic E-state index is 0.116. The van der Waals surface area contributed by atoms with Crippen LogP contribution in [-0.2, 0) is 13.6 Å². The molecule has 0 spiro atoms. The molecule has 33 heavy (non-hydrogen) atoms. The van der Waals surface area contributed by atoms with Crippen molar-refractivity contribution < 1.29 is 4.74 Å². The highest BCUT2D eigenvalue weighted by molar-refractivity contribution is 5.80. The van der Waals surface area contributed by atoms with Gasteiger partial charge in [0.25, 0.3) is 0 Å². The van der Waals surface area contributed by atoms with Gasteiger partial charge in [0, 0.05) is 26.2 Å². The number of aryl methyl sites for hydroxylation is 1. The Morgan fingerprint density at radius 2 is 1.91 bits per heavy atom. The zero-order valence-electron chi connectivity index (χ0n) is 19.8. The lowest BCUT2D eigenvalue weighted by Crippen LogP contribution is -2.45. The summed E-state index contributed by atoms with van der Waals surface area (Å²) < 4.78 is 7.54. The van der Waals surface area contributed by atoms with Gasteiger partial charge in [-0.3, -0.25) is 0 Å². The maximum Gasteiger partial charge on any atom is 0.192 e. The summed E-state index contributed by atoms with van der Waals surface area (Å²) in [6.45, 7) is 6.39. The van der Waals surface area contributed by atoms with Gasteiger partial charge < -0.3 is 24.8 Å². The lowest BCUT2D eigenvalue weighted by molar-refractivity contribution is 0.415. The Morgan fingerprint density at radius 3 is 2.64 bits per heavy atom. The molecule has 2 aromatic carbocycles. The van der Waals surface area contributed by atoms with E-state index in [1.54, 1.807) is 7.11 Å². The third kappa shape index (κ3) is 5.45. The van der Waals surface area contributed by atoms with Crippen LogP contribution in [-0.4, -0.2) is 47.0 Å². The van der Waals surface area contributed by atoms with Crippen molar-refractivity contribution in [3.63, 3.8) is 0 Å². The fourth-order valence-electron chi connectivity index (χ4n) is 4.08. The van der Waals surface area contributed by atoms with Gasteiger partial charge in [-0.2, -0.15) is 0 Å². The lowest BCUT2D eigenvalue weighted by atomic mass is 10.1. The van der Waals surface area contributed by atoms with Crippen LogP contribution < -0.4 is 20.3 Å². The van der Waals surface area contributed by atoms with Crippen molar-refractivity contribution in [2.75, 3.05) is 25.1 Å². The Labute approximate surface area is 195 Å². The quantitative estimate of drug-likeness (QED) is 0.428. The van der Waals surface area contributed by atoms with E-state index >= 15 is 0 Å². The molecule has 174 valence electrons. The van der Waals surface area contributed by atoms with Crippen molar-refractivity contribution >= 4 is 11.6 Å². The van der Waals surface area contributed by atoms with E-state index in [1.807, 2.05) is 36.7 Å². The third-order valence-electron chi connectivity index (χ3n) is 6.17. The smallest absolute Gasteiger partial charge is 0.192 e. The molecule has 1 aliphatic rings. The minimum Gasteiger partial charge on any atom is -0.495 e. The summed E-state index contributed by atoms with van der Waals surface area (Å²) in [4.78, 5) is 7.22. The van der Waals surface area contributed by atoms with Gasteiger partial charge in [0.15, 0.2) is 11.8 Å². The number of rotatable bonds is 7. The summed E-state index contributed by atoms with van der Waals surface area (Å²) in [6, 6.07) is 19.0. The molecule has 8 heteroatoms. The van der Waals surface area contributed by atoms with Crippen LogP contribution in [0.15, 0.2) is 59.6 Å². The molecule has 0 aliphatic carbocycles. The fourth-order valence-corrected chi connectivity index (χ4v) is 4.08. The third-order valence-corrected chi connectivity index (χ3v) is 6.17. The predicted molar refractivity (Wildman–Crippen MR) is 132 cm³/mol. The second-order valence-corrected chi connectivity index (χ2v) is 8.41. The molecule has 1 saturated heterocycles. The molecule has 1 aromatic heterocycles. The van der Waals surface area contributed by atoms with Crippen molar-refractivity contribution in [1.82, 2.24) is 25.4 Å². The zero-order chi connectivity index (χ0) is 23.2. The average Bonchev–Trinajstić information content (AvgIpc) is 3.44. The number of hydrogen-bond donors (Lipinski definition) is 2. The number of hydrogen-bond acceptors (Lipinski definition) is 5. The van der Waals surface area contributed by atoms with Gasteiger partial charge in [-0.25, -0.2) is 4.99 Å². The van der Waals surface area contributed by atoms with Crippen LogP contribution in [0.1, 0.15) is 36.6 Å². The Kier molecular flexibility index (Phi) is 7.12. The Balaban J connectivity index is 1.48. The highest BCUT2D eigenvalue weighted by Gasteiger charge is 2.25. The number of benzene rings is 2. The van der Waals surface area contributed by atoms with Crippen LogP contribution >= 0.6 is 0 Å². The number of anilines is 1. The van der Waals surface area contributed by atoms with Crippen LogP contribution in [0.5, 0.6) is 5.75 Å². The number of methoxy groups -OCH3 is 1. The Morgan fingerprint density at radius 1 is 1.15 bits per heavy atom. The van der Waals surface area contributed by atoms with Crippen LogP contribution in [0.25, 0.3) is 0 Å². The van der Waals surface area contributed by atoms with Crippen molar-refractivity contribution in [2.24, 2.45) is 12.0 Å². The molecule has 1 aliphatic heterocycles. The Bertz CT molecular complexity index is 1080. The van der Waals surface area contributed by atoms with Crippen molar-refractivity contribution in [3.05, 3.63) is 71.8 Å². The van der Waals surface area contributed by atoms with Crippen LogP contribution in [0, 0.1) is 6.92 Å². The van der Waals surface area contributed by atoms with Gasteiger partial charge in [-0.15, -0.1) is 10.2 Å². The van der Waals surface area contributed by atoms with Crippen molar-refractivity contribution in [2.45, 2.75) is 38.9 Å². The van der Waals surface area contributed by atoms with E-state index in [2.05, 4.69) is 69.1 Å². The van der Waals surface area contributed by atoms with E-state index in [-0.39, 0.29) is 12.1 Å². The van der Waals surface area contributed by atoms with Gasteiger partial charge in [0.1, 0.15) is 18.1 Å². The first-order chi connectivity index (χ1) is 16.0. The van der Waals surface area contributed by atoms with E-state index in [0.29, 0.717) is 6.54 Å². The molecular weight excluding hydrogens is 414 g/mol. The first kappa shape index (κ1) is 22.6. The molecular formula is C25H33N7O. The molecule has 2 N–H and O–H groups in total. The summed E-state index contributed by atoms with van der Waals surface area (Å²) in [5, 5.41) is 15.6. The summed E-state index contributed by atoms with van der Waals surface area (Å²) in [5.74, 6) is 3.39. The number of para-hydroxylation sites is 2. The molecule has 2 atom stereocenters. The number of guanidine groups is 1.